The minimum Gasteiger partial charge on any atom is -0.374 e. The first-order chi connectivity index (χ1) is 15.9. The number of halogens is 1. The molecule has 1 saturated carbocycles. The minimum absolute atomic E-state index is 0.0415. The summed E-state index contributed by atoms with van der Waals surface area (Å²) >= 11 is 0. The average molecular weight is 451 g/mol. The first-order valence-corrected chi connectivity index (χ1v) is 10.5. The number of fused-ring (bicyclic) bond motifs is 1. The summed E-state index contributed by atoms with van der Waals surface area (Å²) in [6.45, 7) is 1.58. The molecule has 2 amide bonds. The van der Waals surface area contributed by atoms with Crippen molar-refractivity contribution in [2.45, 2.75) is 6.04 Å². The van der Waals surface area contributed by atoms with Crippen LogP contribution < -0.4 is 15.0 Å². The number of ether oxygens (including phenoxy) is 1. The number of nitrogens with zero attached hydrogens (tertiary/aromatic N) is 4. The van der Waals surface area contributed by atoms with E-state index in [4.69, 9.17) is 9.26 Å². The van der Waals surface area contributed by atoms with E-state index in [0.717, 1.165) is 30.0 Å². The Balaban J connectivity index is 1.16. The van der Waals surface area contributed by atoms with E-state index in [0.29, 0.717) is 11.8 Å². The lowest BCUT2D eigenvalue weighted by molar-refractivity contribution is 0.0954. The highest BCUT2D eigenvalue weighted by atomic mass is 19.1. The third-order valence-electron chi connectivity index (χ3n) is 6.27. The van der Waals surface area contributed by atoms with Crippen LogP contribution in [0.2, 0.25) is 0 Å². The number of carbonyl (C=O) groups is 2. The number of rotatable bonds is 5. The first-order valence-electron chi connectivity index (χ1n) is 10.5. The molecule has 5 rings (SSSR count). The van der Waals surface area contributed by atoms with E-state index in [1.54, 1.807) is 30.3 Å². The second kappa shape index (κ2) is 8.19. The van der Waals surface area contributed by atoms with Crippen molar-refractivity contribution < 1.29 is 23.2 Å². The van der Waals surface area contributed by atoms with Gasteiger partial charge in [0.2, 0.25) is 0 Å². The van der Waals surface area contributed by atoms with Crippen molar-refractivity contribution in [2.75, 3.05) is 32.1 Å². The quantitative estimate of drug-likeness (QED) is 0.637. The predicted molar refractivity (Wildman–Crippen MR) is 116 cm³/mol. The molecule has 3 aromatic rings. The molecule has 0 bridgehead atoms. The SMILES string of the molecule is CNC(=O)c1cc(OC(=O)N(C)C2C3CN(c4ccc(-c5ccc(F)cc5)cn4)CC32)on1. The maximum absolute atomic E-state index is 13.1. The summed E-state index contributed by atoms with van der Waals surface area (Å²) < 4.78 is 23.3. The highest BCUT2D eigenvalue weighted by Crippen LogP contribution is 2.49. The molecule has 2 atom stereocenters. The molecule has 170 valence electrons. The van der Waals surface area contributed by atoms with E-state index in [2.05, 4.69) is 20.4 Å². The van der Waals surface area contributed by atoms with Crippen molar-refractivity contribution in [3.63, 3.8) is 0 Å². The molecule has 2 unspecified atom stereocenters. The van der Waals surface area contributed by atoms with Crippen molar-refractivity contribution in [1.29, 1.82) is 0 Å². The molecule has 1 aromatic carbocycles. The lowest BCUT2D eigenvalue weighted by Crippen LogP contribution is -2.38. The minimum atomic E-state index is -0.553. The number of benzene rings is 1. The molecular formula is C23H22FN5O4. The fourth-order valence-electron chi connectivity index (χ4n) is 4.46. The van der Waals surface area contributed by atoms with E-state index in [1.807, 2.05) is 12.1 Å². The molecule has 2 fully saturated rings. The number of piperidine rings is 1. The molecule has 10 heteroatoms. The summed E-state index contributed by atoms with van der Waals surface area (Å²) in [5, 5.41) is 6.00. The summed E-state index contributed by atoms with van der Waals surface area (Å²) in [6.07, 6.45) is 1.24. The summed E-state index contributed by atoms with van der Waals surface area (Å²) in [6, 6.07) is 11.6. The van der Waals surface area contributed by atoms with Gasteiger partial charge in [-0.2, -0.15) is 0 Å². The molecule has 2 aliphatic rings. The van der Waals surface area contributed by atoms with E-state index in [-0.39, 0.29) is 23.5 Å². The summed E-state index contributed by atoms with van der Waals surface area (Å²) in [7, 11) is 3.17. The molecule has 3 heterocycles. The number of carbonyl (C=O) groups excluding carboxylic acids is 2. The zero-order chi connectivity index (χ0) is 23.1. The van der Waals surface area contributed by atoms with Crippen molar-refractivity contribution in [3.8, 4) is 17.1 Å². The fraction of sp³-hybridized carbons (Fsp3) is 0.304. The summed E-state index contributed by atoms with van der Waals surface area (Å²) in [5.41, 5.74) is 1.88. The molecule has 1 aliphatic carbocycles. The standard InChI is InChI=1S/C23H22FN5O4/c1-25-22(30)18-9-20(33-27-18)32-23(31)28(2)21-16-11-29(12-17(16)21)19-8-5-14(10-26-19)13-3-6-15(24)7-4-13/h3-10,16-17,21H,11-12H2,1-2H3,(H,25,30). The van der Waals surface area contributed by atoms with Gasteiger partial charge in [-0.1, -0.05) is 17.3 Å². The van der Waals surface area contributed by atoms with Gasteiger partial charge in [0.1, 0.15) is 11.6 Å². The van der Waals surface area contributed by atoms with Crippen LogP contribution in [-0.2, 0) is 0 Å². The third-order valence-corrected chi connectivity index (χ3v) is 6.27. The number of nitrogens with one attached hydrogen (secondary N) is 1. The normalized spacial score (nSPS) is 20.8. The van der Waals surface area contributed by atoms with Gasteiger partial charge in [-0.05, 0) is 29.8 Å². The topological polar surface area (TPSA) is 101 Å². The van der Waals surface area contributed by atoms with Crippen LogP contribution in [0.5, 0.6) is 5.95 Å². The van der Waals surface area contributed by atoms with Crippen LogP contribution in [-0.4, -0.2) is 60.3 Å². The molecule has 2 aromatic heterocycles. The zero-order valence-corrected chi connectivity index (χ0v) is 18.1. The Morgan fingerprint density at radius 3 is 2.48 bits per heavy atom. The Kier molecular flexibility index (Phi) is 5.20. The van der Waals surface area contributed by atoms with Crippen LogP contribution >= 0.6 is 0 Å². The van der Waals surface area contributed by atoms with Crippen LogP contribution in [0.1, 0.15) is 10.5 Å². The van der Waals surface area contributed by atoms with Gasteiger partial charge >= 0.3 is 12.0 Å². The molecule has 9 nitrogen and oxygen atoms in total. The number of anilines is 1. The van der Waals surface area contributed by atoms with Crippen molar-refractivity contribution in [1.82, 2.24) is 20.4 Å². The number of amides is 2. The number of hydrogen-bond donors (Lipinski definition) is 1. The first kappa shape index (κ1) is 20.9. The van der Waals surface area contributed by atoms with Crippen molar-refractivity contribution in [2.24, 2.45) is 11.8 Å². The zero-order valence-electron chi connectivity index (χ0n) is 18.1. The van der Waals surface area contributed by atoms with Gasteiger partial charge in [0, 0.05) is 56.8 Å². The average Bonchev–Trinajstić information content (AvgIpc) is 3.16. The Labute approximate surface area is 189 Å². The van der Waals surface area contributed by atoms with Crippen LogP contribution in [0.3, 0.4) is 0 Å². The predicted octanol–water partition coefficient (Wildman–Crippen LogP) is 2.80. The Bertz CT molecular complexity index is 1170. The molecule has 0 radical (unpaired) electrons. The smallest absolute Gasteiger partial charge is 0.374 e. The molecule has 0 spiro atoms. The third kappa shape index (κ3) is 3.99. The van der Waals surface area contributed by atoms with Gasteiger partial charge in [-0.15, -0.1) is 0 Å². The van der Waals surface area contributed by atoms with Gasteiger partial charge in [0.15, 0.2) is 5.69 Å². The van der Waals surface area contributed by atoms with E-state index in [9.17, 15) is 14.0 Å². The van der Waals surface area contributed by atoms with Gasteiger partial charge in [-0.25, -0.2) is 14.2 Å². The molecule has 33 heavy (non-hydrogen) atoms. The molecule has 1 aliphatic heterocycles. The van der Waals surface area contributed by atoms with Gasteiger partial charge < -0.3 is 24.4 Å². The second-order valence-electron chi connectivity index (χ2n) is 8.22. The lowest BCUT2D eigenvalue weighted by atomic mass is 10.1. The molecular weight excluding hydrogens is 429 g/mol. The maximum atomic E-state index is 13.1. The monoisotopic (exact) mass is 451 g/mol. The Hall–Kier alpha value is -3.95. The summed E-state index contributed by atoms with van der Waals surface area (Å²) in [5.74, 6) is 0.723. The number of pyridine rings is 1. The summed E-state index contributed by atoms with van der Waals surface area (Å²) in [4.78, 5) is 32.4. The Morgan fingerprint density at radius 1 is 1.15 bits per heavy atom. The van der Waals surface area contributed by atoms with Crippen molar-refractivity contribution in [3.05, 3.63) is 60.2 Å². The van der Waals surface area contributed by atoms with Crippen LogP contribution in [0.4, 0.5) is 15.0 Å². The number of hydrogen-bond acceptors (Lipinski definition) is 7. The van der Waals surface area contributed by atoms with E-state index >= 15 is 0 Å². The van der Waals surface area contributed by atoms with Crippen molar-refractivity contribution >= 4 is 17.8 Å². The van der Waals surface area contributed by atoms with Crippen LogP contribution in [0, 0.1) is 17.7 Å². The molecule has 1 N–H and O–H groups in total. The van der Waals surface area contributed by atoms with Gasteiger partial charge in [-0.3, -0.25) is 4.79 Å². The van der Waals surface area contributed by atoms with Gasteiger partial charge in [0.25, 0.3) is 5.91 Å². The number of aromatic nitrogens is 2. The molecule has 1 saturated heterocycles. The Morgan fingerprint density at radius 2 is 1.85 bits per heavy atom. The van der Waals surface area contributed by atoms with E-state index in [1.165, 1.54) is 25.2 Å². The fourth-order valence-corrected chi connectivity index (χ4v) is 4.46. The second-order valence-corrected chi connectivity index (χ2v) is 8.22. The van der Waals surface area contributed by atoms with Crippen LogP contribution in [0.15, 0.2) is 53.2 Å². The van der Waals surface area contributed by atoms with Crippen LogP contribution in [0.25, 0.3) is 11.1 Å². The van der Waals surface area contributed by atoms with Gasteiger partial charge in [0.05, 0.1) is 6.07 Å². The van der Waals surface area contributed by atoms with E-state index < -0.39 is 12.0 Å². The highest BCUT2D eigenvalue weighted by molar-refractivity contribution is 5.92. The maximum Gasteiger partial charge on any atom is 0.417 e. The largest absolute Gasteiger partial charge is 0.417 e. The lowest BCUT2D eigenvalue weighted by Gasteiger charge is -2.24. The highest BCUT2D eigenvalue weighted by Gasteiger charge is 2.59.